The van der Waals surface area contributed by atoms with Crippen LogP contribution in [-0.4, -0.2) is 53.8 Å². The molecule has 0 aromatic carbocycles. The first-order valence-corrected chi connectivity index (χ1v) is 8.51. The van der Waals surface area contributed by atoms with Crippen LogP contribution < -0.4 is 0 Å². The molecule has 1 unspecified atom stereocenters. The third-order valence-electron chi connectivity index (χ3n) is 4.09. The molecule has 0 saturated heterocycles. The van der Waals surface area contributed by atoms with E-state index in [0.717, 1.165) is 38.5 Å². The average Bonchev–Trinajstić information content (AvgIpc) is 2.37. The van der Waals surface area contributed by atoms with E-state index in [-0.39, 0.29) is 12.5 Å². The van der Waals surface area contributed by atoms with Gasteiger partial charge in [-0.2, -0.15) is 0 Å². The van der Waals surface area contributed by atoms with Gasteiger partial charge in [-0.05, 0) is 12.8 Å². The molecule has 0 aromatic heterocycles. The number of quaternary nitrogens is 1. The lowest BCUT2D eigenvalue weighted by atomic mass is 10.0. The Morgan fingerprint density at radius 2 is 1.18 bits per heavy atom. The number of carboxylic acids is 2. The van der Waals surface area contributed by atoms with E-state index < -0.39 is 11.9 Å². The van der Waals surface area contributed by atoms with E-state index in [1.807, 2.05) is 21.1 Å². The van der Waals surface area contributed by atoms with Crippen molar-refractivity contribution in [1.29, 1.82) is 0 Å². The van der Waals surface area contributed by atoms with Gasteiger partial charge in [0, 0.05) is 12.8 Å². The van der Waals surface area contributed by atoms with Gasteiger partial charge in [0.15, 0.2) is 6.04 Å². The molecule has 130 valence electrons. The summed E-state index contributed by atoms with van der Waals surface area (Å²) in [7, 11) is 5.80. The van der Waals surface area contributed by atoms with E-state index >= 15 is 0 Å². The quantitative estimate of drug-likeness (QED) is 0.380. The lowest BCUT2D eigenvalue weighted by Crippen LogP contribution is -2.49. The molecule has 0 aliphatic heterocycles. The summed E-state index contributed by atoms with van der Waals surface area (Å²) in [6.45, 7) is 0. The minimum Gasteiger partial charge on any atom is -0.481 e. The Balaban J connectivity index is 3.46. The number of likely N-dealkylation sites (N-methyl/N-ethyl adjacent to an activating group) is 1. The number of unbranched alkanes of at least 4 members (excludes halogenated alkanes) is 8. The zero-order valence-electron chi connectivity index (χ0n) is 14.5. The van der Waals surface area contributed by atoms with Crippen LogP contribution in [0, 0.1) is 0 Å². The van der Waals surface area contributed by atoms with Crippen LogP contribution in [0.3, 0.4) is 0 Å². The third kappa shape index (κ3) is 11.5. The lowest BCUT2D eigenvalue weighted by Gasteiger charge is -2.31. The van der Waals surface area contributed by atoms with Crippen molar-refractivity contribution in [3.05, 3.63) is 0 Å². The zero-order chi connectivity index (χ0) is 17.0. The number of rotatable bonds is 14. The van der Waals surface area contributed by atoms with Crippen LogP contribution in [0.1, 0.15) is 70.6 Å². The largest absolute Gasteiger partial charge is 0.481 e. The van der Waals surface area contributed by atoms with E-state index in [4.69, 9.17) is 5.11 Å². The number of nitrogens with zero attached hydrogens (tertiary/aromatic N) is 1. The summed E-state index contributed by atoms with van der Waals surface area (Å²) >= 11 is 0. The van der Waals surface area contributed by atoms with Crippen LogP contribution in [-0.2, 0) is 9.59 Å². The molecule has 0 heterocycles. The van der Waals surface area contributed by atoms with Crippen LogP contribution in [0.4, 0.5) is 0 Å². The van der Waals surface area contributed by atoms with Gasteiger partial charge in [-0.3, -0.25) is 4.79 Å². The second-order valence-corrected chi connectivity index (χ2v) is 7.08. The van der Waals surface area contributed by atoms with Crippen molar-refractivity contribution >= 4 is 11.9 Å². The molecule has 0 amide bonds. The highest BCUT2D eigenvalue weighted by molar-refractivity contribution is 5.72. The van der Waals surface area contributed by atoms with E-state index in [2.05, 4.69) is 0 Å². The molecule has 0 spiro atoms. The maximum absolute atomic E-state index is 11.2. The fourth-order valence-corrected chi connectivity index (χ4v) is 2.69. The van der Waals surface area contributed by atoms with Gasteiger partial charge in [0.25, 0.3) is 0 Å². The standard InChI is InChI=1S/C17H33NO4/c1-18(2,3)15(17(21)22)13-11-9-7-5-4-6-8-10-12-14-16(19)20/h15H,4-14H2,1-3H3,(H-,19,20,21,22)/p+1. The van der Waals surface area contributed by atoms with Crippen molar-refractivity contribution in [2.45, 2.75) is 76.7 Å². The molecular weight excluding hydrogens is 282 g/mol. The molecule has 0 saturated carbocycles. The molecule has 22 heavy (non-hydrogen) atoms. The number of carbonyl (C=O) groups is 2. The van der Waals surface area contributed by atoms with Gasteiger partial charge in [-0.25, -0.2) is 4.79 Å². The summed E-state index contributed by atoms with van der Waals surface area (Å²) in [6.07, 6.45) is 10.8. The van der Waals surface area contributed by atoms with Gasteiger partial charge >= 0.3 is 11.9 Å². The highest BCUT2D eigenvalue weighted by Gasteiger charge is 2.30. The molecule has 0 aliphatic rings. The molecule has 0 bridgehead atoms. The Hall–Kier alpha value is -1.10. The summed E-state index contributed by atoms with van der Waals surface area (Å²) in [4.78, 5) is 21.6. The molecule has 5 heteroatoms. The van der Waals surface area contributed by atoms with Crippen molar-refractivity contribution in [3.8, 4) is 0 Å². The van der Waals surface area contributed by atoms with Crippen molar-refractivity contribution in [2.75, 3.05) is 21.1 Å². The van der Waals surface area contributed by atoms with Crippen LogP contribution in [0.5, 0.6) is 0 Å². The van der Waals surface area contributed by atoms with Crippen LogP contribution in [0.25, 0.3) is 0 Å². The van der Waals surface area contributed by atoms with Gasteiger partial charge in [-0.1, -0.05) is 44.9 Å². The highest BCUT2D eigenvalue weighted by atomic mass is 16.4. The van der Waals surface area contributed by atoms with Gasteiger partial charge in [-0.15, -0.1) is 0 Å². The minimum absolute atomic E-state index is 0.289. The Morgan fingerprint density at radius 3 is 1.55 bits per heavy atom. The first-order valence-electron chi connectivity index (χ1n) is 8.51. The molecule has 1 atom stereocenters. The predicted octanol–water partition coefficient (Wildman–Crippen LogP) is 3.52. The van der Waals surface area contributed by atoms with Gasteiger partial charge in [0.2, 0.25) is 0 Å². The lowest BCUT2D eigenvalue weighted by molar-refractivity contribution is -0.887. The normalized spacial score (nSPS) is 13.0. The zero-order valence-corrected chi connectivity index (χ0v) is 14.5. The monoisotopic (exact) mass is 316 g/mol. The van der Waals surface area contributed by atoms with E-state index in [1.54, 1.807) is 0 Å². The third-order valence-corrected chi connectivity index (χ3v) is 4.09. The summed E-state index contributed by atoms with van der Waals surface area (Å²) < 4.78 is 0.478. The number of aliphatic carboxylic acids is 2. The second kappa shape index (κ2) is 11.5. The van der Waals surface area contributed by atoms with Crippen molar-refractivity contribution < 1.29 is 24.3 Å². The maximum Gasteiger partial charge on any atom is 0.362 e. The summed E-state index contributed by atoms with van der Waals surface area (Å²) in [5, 5.41) is 17.8. The SMILES string of the molecule is C[N+](C)(C)C(CCCCCCCCCCCC(=O)O)C(=O)O. The fraction of sp³-hybridized carbons (Fsp3) is 0.882. The Labute approximate surface area is 134 Å². The highest BCUT2D eigenvalue weighted by Crippen LogP contribution is 2.15. The number of hydrogen-bond acceptors (Lipinski definition) is 2. The average molecular weight is 316 g/mol. The van der Waals surface area contributed by atoms with Crippen LogP contribution >= 0.6 is 0 Å². The van der Waals surface area contributed by atoms with E-state index in [0.29, 0.717) is 4.48 Å². The van der Waals surface area contributed by atoms with Crippen molar-refractivity contribution in [3.63, 3.8) is 0 Å². The smallest absolute Gasteiger partial charge is 0.362 e. The van der Waals surface area contributed by atoms with Crippen molar-refractivity contribution in [2.24, 2.45) is 0 Å². The first-order chi connectivity index (χ1) is 10.2. The minimum atomic E-state index is -0.700. The first kappa shape index (κ1) is 20.9. The molecule has 0 fully saturated rings. The van der Waals surface area contributed by atoms with Crippen LogP contribution in [0.2, 0.25) is 0 Å². The Bertz CT molecular complexity index is 323. The van der Waals surface area contributed by atoms with Crippen LogP contribution in [0.15, 0.2) is 0 Å². The fourth-order valence-electron chi connectivity index (χ4n) is 2.69. The van der Waals surface area contributed by atoms with Crippen molar-refractivity contribution in [1.82, 2.24) is 0 Å². The van der Waals surface area contributed by atoms with Gasteiger partial charge in [0.05, 0.1) is 21.1 Å². The molecule has 0 aromatic rings. The predicted molar refractivity (Wildman–Crippen MR) is 87.9 cm³/mol. The van der Waals surface area contributed by atoms with Gasteiger partial charge < -0.3 is 14.7 Å². The van der Waals surface area contributed by atoms with E-state index in [9.17, 15) is 14.7 Å². The molecule has 0 radical (unpaired) electrons. The molecule has 2 N–H and O–H groups in total. The van der Waals surface area contributed by atoms with Gasteiger partial charge in [0.1, 0.15) is 0 Å². The summed E-state index contributed by atoms with van der Waals surface area (Å²) in [6, 6.07) is -0.311. The second-order valence-electron chi connectivity index (χ2n) is 7.08. The van der Waals surface area contributed by atoms with E-state index in [1.165, 1.54) is 25.7 Å². The topological polar surface area (TPSA) is 74.6 Å². The number of carboxylic acid groups (broad SMARTS) is 2. The Morgan fingerprint density at radius 1 is 0.773 bits per heavy atom. The maximum atomic E-state index is 11.2. The molecule has 0 aliphatic carbocycles. The molecular formula is C17H34NO4+. The number of hydrogen-bond donors (Lipinski definition) is 2. The molecule has 0 rings (SSSR count). The summed E-state index contributed by atoms with van der Waals surface area (Å²) in [5.41, 5.74) is 0. The summed E-state index contributed by atoms with van der Waals surface area (Å²) in [5.74, 6) is -1.40. The molecule has 5 nitrogen and oxygen atoms in total. The Kier molecular flexibility index (Phi) is 10.9.